The summed E-state index contributed by atoms with van der Waals surface area (Å²) >= 11 is 0. The average molecular weight is 280 g/mol. The summed E-state index contributed by atoms with van der Waals surface area (Å²) in [5, 5.41) is 10.8. The fourth-order valence-electron chi connectivity index (χ4n) is 3.18. The average Bonchev–Trinajstić information content (AvgIpc) is 2.67. The first-order chi connectivity index (χ1) is 9.58. The molecule has 110 valence electrons. The first-order valence-corrected chi connectivity index (χ1v) is 7.20. The van der Waals surface area contributed by atoms with Crippen molar-refractivity contribution in [2.24, 2.45) is 11.1 Å². The molecular weight excluding hydrogens is 259 g/mol. The number of nitrogens with zero attached hydrogens (tertiary/aromatic N) is 1. The number of nitro benzene ring substituents is 1. The van der Waals surface area contributed by atoms with Gasteiger partial charge >= 0.3 is 5.69 Å². The molecule has 0 spiro atoms. The van der Waals surface area contributed by atoms with Crippen molar-refractivity contribution in [3.63, 3.8) is 0 Å². The first-order valence-electron chi connectivity index (χ1n) is 7.20. The lowest BCUT2D eigenvalue weighted by molar-refractivity contribution is -0.387. The zero-order chi connectivity index (χ0) is 14.6. The van der Waals surface area contributed by atoms with Crippen molar-refractivity contribution in [3.8, 4) is 0 Å². The topological polar surface area (TPSA) is 69.2 Å². The molecule has 5 heteroatoms. The van der Waals surface area contributed by atoms with Crippen LogP contribution in [0.25, 0.3) is 0 Å². The summed E-state index contributed by atoms with van der Waals surface area (Å²) in [5.74, 6) is -0.699. The highest BCUT2D eigenvalue weighted by atomic mass is 19.1. The van der Waals surface area contributed by atoms with E-state index in [2.05, 4.69) is 0 Å². The molecular formula is C15H21FN2O2. The second-order valence-corrected chi connectivity index (χ2v) is 5.80. The molecule has 1 aromatic carbocycles. The number of nitro groups is 1. The normalized spacial score (nSPS) is 18.5. The highest BCUT2D eigenvalue weighted by Crippen LogP contribution is 2.38. The minimum Gasteiger partial charge on any atom is -0.330 e. The summed E-state index contributed by atoms with van der Waals surface area (Å²) in [6.45, 7) is 0.509. The Balaban J connectivity index is 2.27. The standard InChI is InChI=1S/C15H21FN2O2/c16-14-12(6-5-7-13(14)18(19)20)10-15(11-17)8-3-1-2-4-9-15/h5-7H,1-4,8-11,17H2. The van der Waals surface area contributed by atoms with Gasteiger partial charge in [0.1, 0.15) is 0 Å². The molecule has 0 heterocycles. The summed E-state index contributed by atoms with van der Waals surface area (Å²) in [7, 11) is 0. The maximum atomic E-state index is 14.2. The summed E-state index contributed by atoms with van der Waals surface area (Å²) < 4.78 is 14.2. The van der Waals surface area contributed by atoms with Crippen molar-refractivity contribution >= 4 is 5.69 Å². The van der Waals surface area contributed by atoms with Gasteiger partial charge in [-0.1, -0.05) is 37.8 Å². The number of halogens is 1. The van der Waals surface area contributed by atoms with E-state index >= 15 is 0 Å². The zero-order valence-corrected chi connectivity index (χ0v) is 11.6. The molecule has 0 aromatic heterocycles. The molecule has 1 saturated carbocycles. The Bertz CT molecular complexity index is 483. The molecule has 1 aliphatic carbocycles. The molecule has 1 fully saturated rings. The lowest BCUT2D eigenvalue weighted by Crippen LogP contribution is -2.32. The molecule has 1 aromatic rings. The van der Waals surface area contributed by atoms with Crippen LogP contribution in [0.2, 0.25) is 0 Å². The van der Waals surface area contributed by atoms with Crippen LogP contribution < -0.4 is 5.73 Å². The Kier molecular flexibility index (Phi) is 4.70. The number of hydrogen-bond acceptors (Lipinski definition) is 3. The Morgan fingerprint density at radius 3 is 2.45 bits per heavy atom. The van der Waals surface area contributed by atoms with Crippen LogP contribution in [0.15, 0.2) is 18.2 Å². The van der Waals surface area contributed by atoms with E-state index in [1.54, 1.807) is 12.1 Å². The Morgan fingerprint density at radius 1 is 1.25 bits per heavy atom. The van der Waals surface area contributed by atoms with Gasteiger partial charge in [-0.3, -0.25) is 10.1 Å². The molecule has 0 radical (unpaired) electrons. The smallest absolute Gasteiger partial charge is 0.305 e. The Hall–Kier alpha value is -1.49. The van der Waals surface area contributed by atoms with Crippen molar-refractivity contribution in [3.05, 3.63) is 39.7 Å². The lowest BCUT2D eigenvalue weighted by atomic mass is 9.75. The van der Waals surface area contributed by atoms with Gasteiger partial charge in [-0.05, 0) is 36.8 Å². The molecule has 0 amide bonds. The second-order valence-electron chi connectivity index (χ2n) is 5.80. The highest BCUT2D eigenvalue weighted by molar-refractivity contribution is 5.37. The maximum absolute atomic E-state index is 14.2. The third kappa shape index (κ3) is 3.15. The van der Waals surface area contributed by atoms with Gasteiger partial charge < -0.3 is 5.73 Å². The van der Waals surface area contributed by atoms with Crippen LogP contribution in [0, 0.1) is 21.3 Å². The second kappa shape index (κ2) is 6.31. The number of benzene rings is 1. The fraction of sp³-hybridized carbons (Fsp3) is 0.600. The van der Waals surface area contributed by atoms with Crippen molar-refractivity contribution in [2.45, 2.75) is 44.9 Å². The van der Waals surface area contributed by atoms with Crippen LogP contribution in [-0.2, 0) is 6.42 Å². The Morgan fingerprint density at radius 2 is 1.90 bits per heavy atom. The number of nitrogens with two attached hydrogens (primary N) is 1. The molecule has 0 saturated heterocycles. The van der Waals surface area contributed by atoms with E-state index in [4.69, 9.17) is 5.73 Å². The minimum absolute atomic E-state index is 0.105. The first kappa shape index (κ1) is 14.9. The summed E-state index contributed by atoms with van der Waals surface area (Å²) in [4.78, 5) is 10.1. The van der Waals surface area contributed by atoms with Gasteiger partial charge in [0.25, 0.3) is 0 Å². The largest absolute Gasteiger partial charge is 0.330 e. The van der Waals surface area contributed by atoms with Gasteiger partial charge in [-0.25, -0.2) is 0 Å². The van der Waals surface area contributed by atoms with E-state index in [9.17, 15) is 14.5 Å². The van der Waals surface area contributed by atoms with E-state index in [0.717, 1.165) is 25.7 Å². The molecule has 4 nitrogen and oxygen atoms in total. The van der Waals surface area contributed by atoms with Crippen LogP contribution in [0.3, 0.4) is 0 Å². The van der Waals surface area contributed by atoms with Gasteiger partial charge in [0, 0.05) is 6.07 Å². The van der Waals surface area contributed by atoms with Gasteiger partial charge in [0.05, 0.1) is 4.92 Å². The van der Waals surface area contributed by atoms with E-state index in [0.29, 0.717) is 18.5 Å². The molecule has 0 aliphatic heterocycles. The van der Waals surface area contributed by atoms with Crippen molar-refractivity contribution in [1.29, 1.82) is 0 Å². The van der Waals surface area contributed by atoms with Crippen LogP contribution in [0.4, 0.5) is 10.1 Å². The molecule has 0 bridgehead atoms. The molecule has 1 aliphatic rings. The van der Waals surface area contributed by atoms with E-state index in [1.807, 2.05) is 0 Å². The van der Waals surface area contributed by atoms with E-state index < -0.39 is 16.4 Å². The van der Waals surface area contributed by atoms with Gasteiger partial charge in [0.15, 0.2) is 0 Å². The maximum Gasteiger partial charge on any atom is 0.305 e. The fourth-order valence-corrected chi connectivity index (χ4v) is 3.18. The molecule has 20 heavy (non-hydrogen) atoms. The van der Waals surface area contributed by atoms with Crippen LogP contribution in [0.5, 0.6) is 0 Å². The van der Waals surface area contributed by atoms with Crippen LogP contribution in [-0.4, -0.2) is 11.5 Å². The summed E-state index contributed by atoms with van der Waals surface area (Å²) in [6.07, 6.45) is 7.05. The highest BCUT2D eigenvalue weighted by Gasteiger charge is 2.31. The Labute approximate surface area is 118 Å². The lowest BCUT2D eigenvalue weighted by Gasteiger charge is -2.31. The predicted octanol–water partition coefficient (Wildman–Crippen LogP) is 3.58. The summed E-state index contributed by atoms with van der Waals surface area (Å²) in [6, 6.07) is 4.41. The molecule has 2 N–H and O–H groups in total. The van der Waals surface area contributed by atoms with Crippen molar-refractivity contribution in [1.82, 2.24) is 0 Å². The summed E-state index contributed by atoms with van der Waals surface area (Å²) in [5.41, 5.74) is 5.82. The zero-order valence-electron chi connectivity index (χ0n) is 11.6. The monoisotopic (exact) mass is 280 g/mol. The van der Waals surface area contributed by atoms with Crippen LogP contribution in [0.1, 0.15) is 44.1 Å². The SMILES string of the molecule is NCC1(Cc2cccc([N+](=O)[O-])c2F)CCCCCC1. The molecule has 2 rings (SSSR count). The van der Waals surface area contributed by atoms with Gasteiger partial charge in [-0.15, -0.1) is 0 Å². The van der Waals surface area contributed by atoms with Crippen LogP contribution >= 0.6 is 0 Å². The minimum atomic E-state index is -0.699. The third-order valence-corrected chi connectivity index (χ3v) is 4.42. The third-order valence-electron chi connectivity index (χ3n) is 4.42. The number of rotatable bonds is 4. The number of hydrogen-bond donors (Lipinski definition) is 1. The van der Waals surface area contributed by atoms with Gasteiger partial charge in [0.2, 0.25) is 5.82 Å². The van der Waals surface area contributed by atoms with Gasteiger partial charge in [-0.2, -0.15) is 4.39 Å². The van der Waals surface area contributed by atoms with Crippen molar-refractivity contribution in [2.75, 3.05) is 6.54 Å². The quantitative estimate of drug-likeness (QED) is 0.520. The predicted molar refractivity (Wildman–Crippen MR) is 75.9 cm³/mol. The van der Waals surface area contributed by atoms with E-state index in [-0.39, 0.29) is 5.41 Å². The van der Waals surface area contributed by atoms with E-state index in [1.165, 1.54) is 18.9 Å². The van der Waals surface area contributed by atoms with Crippen molar-refractivity contribution < 1.29 is 9.31 Å². The molecule has 0 unspecified atom stereocenters. The molecule has 0 atom stereocenters.